The maximum absolute atomic E-state index is 12.7. The van der Waals surface area contributed by atoms with Gasteiger partial charge in [0.2, 0.25) is 0 Å². The van der Waals surface area contributed by atoms with Gasteiger partial charge in [0, 0.05) is 37.3 Å². The Labute approximate surface area is 166 Å². The van der Waals surface area contributed by atoms with Gasteiger partial charge in [-0.3, -0.25) is 9.69 Å². The predicted molar refractivity (Wildman–Crippen MR) is 109 cm³/mol. The number of carbonyl (C=O) groups excluding carboxylic acids is 1. The largest absolute Gasteiger partial charge is 0.379 e. The molecule has 4 rings (SSSR count). The fourth-order valence-corrected chi connectivity index (χ4v) is 3.81. The second-order valence-electron chi connectivity index (χ2n) is 7.76. The third-order valence-electron chi connectivity index (χ3n) is 5.53. The number of aromatic nitrogens is 2. The van der Waals surface area contributed by atoms with Crippen LogP contribution in [0.15, 0.2) is 24.5 Å². The van der Waals surface area contributed by atoms with Crippen molar-refractivity contribution in [3.8, 4) is 0 Å². The molecule has 6 nitrogen and oxygen atoms in total. The molecule has 0 bridgehead atoms. The molecule has 0 radical (unpaired) electrons. The van der Waals surface area contributed by atoms with E-state index < -0.39 is 0 Å². The number of ether oxygens (including phenoxy) is 1. The van der Waals surface area contributed by atoms with Crippen molar-refractivity contribution in [2.24, 2.45) is 5.92 Å². The molecule has 1 saturated heterocycles. The van der Waals surface area contributed by atoms with Crippen LogP contribution in [0.5, 0.6) is 0 Å². The molecule has 1 unspecified atom stereocenters. The molecular weight excluding hydrogens is 364 g/mol. The van der Waals surface area contributed by atoms with E-state index in [-0.39, 0.29) is 18.3 Å². The number of nitrogens with zero attached hydrogens (tertiary/aromatic N) is 3. The van der Waals surface area contributed by atoms with Crippen LogP contribution < -0.4 is 5.32 Å². The van der Waals surface area contributed by atoms with Crippen molar-refractivity contribution in [2.45, 2.75) is 38.8 Å². The zero-order chi connectivity index (χ0) is 18.1. The monoisotopic (exact) mass is 392 g/mol. The molecule has 2 aliphatic rings. The van der Waals surface area contributed by atoms with Crippen molar-refractivity contribution in [3.63, 3.8) is 0 Å². The van der Waals surface area contributed by atoms with E-state index in [0.29, 0.717) is 30.1 Å². The highest BCUT2D eigenvalue weighted by atomic mass is 35.5. The van der Waals surface area contributed by atoms with Gasteiger partial charge in [-0.15, -0.1) is 12.4 Å². The summed E-state index contributed by atoms with van der Waals surface area (Å²) in [4.78, 5) is 19.6. The summed E-state index contributed by atoms with van der Waals surface area (Å²) in [7, 11) is 0. The molecule has 0 spiro atoms. The first-order valence-electron chi connectivity index (χ1n) is 9.70. The fraction of sp³-hybridized carbons (Fsp3) is 0.600. The molecule has 1 aliphatic heterocycles. The van der Waals surface area contributed by atoms with Crippen LogP contribution in [0.4, 0.5) is 0 Å². The molecule has 2 aromatic rings. The van der Waals surface area contributed by atoms with Crippen LogP contribution in [-0.4, -0.2) is 59.2 Å². The van der Waals surface area contributed by atoms with E-state index in [1.807, 2.05) is 24.5 Å². The summed E-state index contributed by atoms with van der Waals surface area (Å²) < 4.78 is 7.68. The van der Waals surface area contributed by atoms with Crippen molar-refractivity contribution in [1.82, 2.24) is 19.8 Å². The fourth-order valence-electron chi connectivity index (χ4n) is 3.81. The number of nitrogens with one attached hydrogen (secondary N) is 1. The Hall–Kier alpha value is -1.63. The third-order valence-corrected chi connectivity index (χ3v) is 5.53. The zero-order valence-corrected chi connectivity index (χ0v) is 16.9. The van der Waals surface area contributed by atoms with E-state index >= 15 is 0 Å². The van der Waals surface area contributed by atoms with Gasteiger partial charge in [-0.1, -0.05) is 13.8 Å². The van der Waals surface area contributed by atoms with Gasteiger partial charge >= 0.3 is 0 Å². The Morgan fingerprint density at radius 2 is 2.04 bits per heavy atom. The minimum Gasteiger partial charge on any atom is -0.379 e. The summed E-state index contributed by atoms with van der Waals surface area (Å²) in [6.07, 6.45) is 4.36. The van der Waals surface area contributed by atoms with E-state index in [9.17, 15) is 4.79 Å². The van der Waals surface area contributed by atoms with Crippen LogP contribution in [0.1, 0.15) is 43.1 Å². The van der Waals surface area contributed by atoms with E-state index in [2.05, 4.69) is 33.6 Å². The molecule has 2 heterocycles. The molecular formula is C20H29ClN4O2. The van der Waals surface area contributed by atoms with Gasteiger partial charge < -0.3 is 14.6 Å². The minimum absolute atomic E-state index is 0. The van der Waals surface area contributed by atoms with Crippen LogP contribution in [0.25, 0.3) is 11.0 Å². The molecule has 2 fully saturated rings. The lowest BCUT2D eigenvalue weighted by atomic mass is 10.0. The average molecular weight is 393 g/mol. The molecule has 1 aliphatic carbocycles. The van der Waals surface area contributed by atoms with Crippen LogP contribution in [-0.2, 0) is 4.74 Å². The Kier molecular flexibility index (Phi) is 6.40. The van der Waals surface area contributed by atoms with Crippen molar-refractivity contribution in [2.75, 3.05) is 32.8 Å². The van der Waals surface area contributed by atoms with E-state index in [1.165, 1.54) is 12.8 Å². The molecule has 7 heteroatoms. The highest BCUT2D eigenvalue weighted by Gasteiger charge is 2.26. The summed E-state index contributed by atoms with van der Waals surface area (Å²) in [6, 6.07) is 6.78. The number of hydrogen-bond donors (Lipinski definition) is 1. The maximum Gasteiger partial charge on any atom is 0.251 e. The van der Waals surface area contributed by atoms with Gasteiger partial charge in [-0.2, -0.15) is 0 Å². The highest BCUT2D eigenvalue weighted by molar-refractivity contribution is 5.97. The summed E-state index contributed by atoms with van der Waals surface area (Å²) in [5, 5.41) is 3.13. The zero-order valence-electron chi connectivity index (χ0n) is 16.1. The van der Waals surface area contributed by atoms with Gasteiger partial charge in [0.1, 0.15) is 0 Å². The van der Waals surface area contributed by atoms with Gasteiger partial charge in [-0.05, 0) is 37.0 Å². The summed E-state index contributed by atoms with van der Waals surface area (Å²) in [5.41, 5.74) is 2.71. The van der Waals surface area contributed by atoms with Crippen molar-refractivity contribution in [3.05, 3.63) is 30.1 Å². The number of fused-ring (bicyclic) bond motifs is 1. The lowest BCUT2D eigenvalue weighted by molar-refractivity contribution is 0.00673. The van der Waals surface area contributed by atoms with E-state index in [1.54, 1.807) is 0 Å². The molecule has 1 aromatic heterocycles. The maximum atomic E-state index is 12.7. The molecule has 1 aromatic carbocycles. The standard InChI is InChI=1S/C20H28N4O2.ClH/c1-14(2)19(23-7-9-26-10-8-23)12-21-20(25)15-3-6-18-17(11-15)22-13-24(18)16-4-5-16;/h3,6,11,13-14,16,19H,4-5,7-10,12H2,1-2H3,(H,21,25);1H. The average Bonchev–Trinajstić information content (AvgIpc) is 3.41. The Morgan fingerprint density at radius 3 is 2.70 bits per heavy atom. The molecule has 1 amide bonds. The number of imidazole rings is 1. The topological polar surface area (TPSA) is 59.4 Å². The van der Waals surface area contributed by atoms with Crippen LogP contribution in [0, 0.1) is 5.92 Å². The summed E-state index contributed by atoms with van der Waals surface area (Å²) in [5.74, 6) is 0.455. The summed E-state index contributed by atoms with van der Waals surface area (Å²) in [6.45, 7) is 8.50. The van der Waals surface area contributed by atoms with E-state index in [0.717, 1.165) is 37.3 Å². The van der Waals surface area contributed by atoms with Crippen LogP contribution in [0.2, 0.25) is 0 Å². The first kappa shape index (κ1) is 20.1. The molecule has 1 atom stereocenters. The number of hydrogen-bond acceptors (Lipinski definition) is 4. The van der Waals surface area contributed by atoms with Crippen LogP contribution in [0.3, 0.4) is 0 Å². The predicted octanol–water partition coefficient (Wildman–Crippen LogP) is 2.88. The Balaban J connectivity index is 0.00000210. The second kappa shape index (κ2) is 8.59. The smallest absolute Gasteiger partial charge is 0.251 e. The number of carbonyl (C=O) groups is 1. The summed E-state index contributed by atoms with van der Waals surface area (Å²) >= 11 is 0. The Morgan fingerprint density at radius 1 is 1.30 bits per heavy atom. The van der Waals surface area contributed by atoms with Crippen molar-refractivity contribution in [1.29, 1.82) is 0 Å². The van der Waals surface area contributed by atoms with Gasteiger partial charge in [0.25, 0.3) is 5.91 Å². The number of rotatable bonds is 6. The number of amides is 1. The molecule has 1 saturated carbocycles. The first-order valence-corrected chi connectivity index (χ1v) is 9.70. The van der Waals surface area contributed by atoms with Crippen molar-refractivity contribution >= 4 is 29.3 Å². The quantitative estimate of drug-likeness (QED) is 0.821. The number of morpholine rings is 1. The first-order chi connectivity index (χ1) is 12.6. The van der Waals surface area contributed by atoms with Crippen LogP contribution >= 0.6 is 12.4 Å². The highest BCUT2D eigenvalue weighted by Crippen LogP contribution is 2.37. The van der Waals surface area contributed by atoms with Gasteiger partial charge in [0.15, 0.2) is 0 Å². The normalized spacial score (nSPS) is 19.1. The minimum atomic E-state index is -0.0215. The van der Waals surface area contributed by atoms with E-state index in [4.69, 9.17) is 4.74 Å². The van der Waals surface area contributed by atoms with Crippen molar-refractivity contribution < 1.29 is 9.53 Å². The third kappa shape index (κ3) is 4.45. The van der Waals surface area contributed by atoms with Gasteiger partial charge in [0.05, 0.1) is 30.6 Å². The Bertz CT molecular complexity index is 781. The lowest BCUT2D eigenvalue weighted by Gasteiger charge is -2.36. The molecule has 27 heavy (non-hydrogen) atoms. The number of benzene rings is 1. The van der Waals surface area contributed by atoms with Gasteiger partial charge in [-0.25, -0.2) is 4.98 Å². The molecule has 148 valence electrons. The lowest BCUT2D eigenvalue weighted by Crippen LogP contribution is -2.51. The SMILES string of the molecule is CC(C)C(CNC(=O)c1ccc2c(c1)ncn2C1CC1)N1CCOCC1.Cl. The molecule has 1 N–H and O–H groups in total. The number of halogens is 1. The second-order valence-corrected chi connectivity index (χ2v) is 7.76.